The summed E-state index contributed by atoms with van der Waals surface area (Å²) in [5.41, 5.74) is 0. The van der Waals surface area contributed by atoms with Crippen LogP contribution in [-0.4, -0.2) is 46.1 Å². The minimum atomic E-state index is -1.13. The fraction of sp³-hybridized carbons (Fsp3) is 0.919. The van der Waals surface area contributed by atoms with Crippen molar-refractivity contribution in [1.29, 1.82) is 0 Å². The van der Waals surface area contributed by atoms with Crippen molar-refractivity contribution >= 4 is 5.91 Å². The van der Waals surface area contributed by atoms with Gasteiger partial charge in [-0.25, -0.2) is 0 Å². The molecule has 0 spiro atoms. The Labute approximate surface area is 261 Å². The molecule has 4 N–H and O–H groups in total. The highest BCUT2D eigenvalue weighted by Gasteiger charge is 2.26. The van der Waals surface area contributed by atoms with Crippen LogP contribution in [-0.2, 0) is 4.79 Å². The van der Waals surface area contributed by atoms with E-state index in [0.717, 1.165) is 38.5 Å². The van der Waals surface area contributed by atoms with Gasteiger partial charge in [0.25, 0.3) is 0 Å². The summed E-state index contributed by atoms with van der Waals surface area (Å²) in [4.78, 5) is 12.3. The lowest BCUT2D eigenvalue weighted by molar-refractivity contribution is -0.124. The van der Waals surface area contributed by atoms with E-state index >= 15 is 0 Å². The SMILES string of the molecule is CCCCCCCC/C=C\CCCCCCCCCC(=O)NC(CO)C(O)C(O)CCCCCCCCCCCCC. The molecule has 250 valence electrons. The lowest BCUT2D eigenvalue weighted by Gasteiger charge is -2.26. The Morgan fingerprint density at radius 2 is 0.952 bits per heavy atom. The summed E-state index contributed by atoms with van der Waals surface area (Å²) < 4.78 is 0. The summed E-state index contributed by atoms with van der Waals surface area (Å²) in [6.07, 6.45) is 35.8. The maximum Gasteiger partial charge on any atom is 0.220 e. The van der Waals surface area contributed by atoms with E-state index in [0.29, 0.717) is 12.8 Å². The molecule has 0 fully saturated rings. The molecule has 3 unspecified atom stereocenters. The second-order valence-corrected chi connectivity index (χ2v) is 12.8. The van der Waals surface area contributed by atoms with Crippen LogP contribution in [0.25, 0.3) is 0 Å². The number of aliphatic hydroxyl groups excluding tert-OH is 3. The molecule has 0 aromatic carbocycles. The molecule has 0 aliphatic rings. The number of allylic oxidation sites excluding steroid dienone is 2. The van der Waals surface area contributed by atoms with Crippen LogP contribution in [0.3, 0.4) is 0 Å². The van der Waals surface area contributed by atoms with Crippen molar-refractivity contribution in [2.24, 2.45) is 0 Å². The lowest BCUT2D eigenvalue weighted by atomic mass is 9.99. The van der Waals surface area contributed by atoms with Gasteiger partial charge in [0, 0.05) is 6.42 Å². The second-order valence-electron chi connectivity index (χ2n) is 12.8. The van der Waals surface area contributed by atoms with Crippen molar-refractivity contribution in [2.45, 2.75) is 212 Å². The standard InChI is InChI=1S/C37H73NO4/c1-3-5-7-9-11-13-15-16-17-18-19-20-22-24-26-28-30-32-36(41)38-34(33-39)37(42)35(40)31-29-27-25-23-21-14-12-10-8-6-4-2/h16-17,34-35,37,39-40,42H,3-15,18-33H2,1-2H3,(H,38,41)/b17-16-. The van der Waals surface area contributed by atoms with Crippen LogP contribution in [0.4, 0.5) is 0 Å². The monoisotopic (exact) mass is 596 g/mol. The lowest BCUT2D eigenvalue weighted by Crippen LogP contribution is -2.50. The summed E-state index contributed by atoms with van der Waals surface area (Å²) >= 11 is 0. The highest BCUT2D eigenvalue weighted by molar-refractivity contribution is 5.76. The zero-order chi connectivity index (χ0) is 30.9. The second kappa shape index (κ2) is 33.0. The Balaban J connectivity index is 3.68. The van der Waals surface area contributed by atoms with Crippen LogP contribution in [0.1, 0.15) is 194 Å². The molecule has 0 radical (unpaired) electrons. The molecule has 0 rings (SSSR count). The van der Waals surface area contributed by atoms with Gasteiger partial charge in [-0.2, -0.15) is 0 Å². The first kappa shape index (κ1) is 41.1. The first-order chi connectivity index (χ1) is 20.6. The van der Waals surface area contributed by atoms with Crippen LogP contribution in [0, 0.1) is 0 Å². The van der Waals surface area contributed by atoms with E-state index < -0.39 is 18.2 Å². The van der Waals surface area contributed by atoms with E-state index in [4.69, 9.17) is 0 Å². The van der Waals surface area contributed by atoms with Gasteiger partial charge in [0.1, 0.15) is 6.10 Å². The van der Waals surface area contributed by atoms with Crippen molar-refractivity contribution in [3.63, 3.8) is 0 Å². The number of nitrogens with one attached hydrogen (secondary N) is 1. The molecule has 1 amide bonds. The molecule has 0 heterocycles. The smallest absolute Gasteiger partial charge is 0.220 e. The average Bonchev–Trinajstić information content (AvgIpc) is 2.99. The van der Waals surface area contributed by atoms with Crippen molar-refractivity contribution in [2.75, 3.05) is 6.61 Å². The fourth-order valence-electron chi connectivity index (χ4n) is 5.68. The van der Waals surface area contributed by atoms with E-state index in [1.165, 1.54) is 128 Å². The average molecular weight is 596 g/mol. The Hall–Kier alpha value is -0.910. The van der Waals surface area contributed by atoms with Crippen LogP contribution in [0.15, 0.2) is 12.2 Å². The van der Waals surface area contributed by atoms with Crippen LogP contribution < -0.4 is 5.32 Å². The molecule has 42 heavy (non-hydrogen) atoms. The number of hydrogen-bond donors (Lipinski definition) is 4. The maximum atomic E-state index is 12.3. The Bertz CT molecular complexity index is 582. The van der Waals surface area contributed by atoms with Gasteiger partial charge >= 0.3 is 0 Å². The fourth-order valence-corrected chi connectivity index (χ4v) is 5.68. The summed E-state index contributed by atoms with van der Waals surface area (Å²) in [7, 11) is 0. The maximum absolute atomic E-state index is 12.3. The van der Waals surface area contributed by atoms with Gasteiger partial charge in [-0.3, -0.25) is 4.79 Å². The predicted molar refractivity (Wildman–Crippen MR) is 181 cm³/mol. The quantitative estimate of drug-likeness (QED) is 0.0449. The molecule has 3 atom stereocenters. The number of hydrogen-bond acceptors (Lipinski definition) is 4. The van der Waals surface area contributed by atoms with Crippen molar-refractivity contribution in [1.82, 2.24) is 5.32 Å². The molecule has 0 aromatic heterocycles. The third-order valence-corrected chi connectivity index (χ3v) is 8.62. The van der Waals surface area contributed by atoms with Gasteiger partial charge in [-0.1, -0.05) is 161 Å². The Morgan fingerprint density at radius 1 is 0.571 bits per heavy atom. The molecule has 0 aliphatic carbocycles. The number of rotatable bonds is 33. The summed E-state index contributed by atoms with van der Waals surface area (Å²) in [5.74, 6) is -0.150. The van der Waals surface area contributed by atoms with Crippen molar-refractivity contribution in [3.05, 3.63) is 12.2 Å². The third-order valence-electron chi connectivity index (χ3n) is 8.62. The van der Waals surface area contributed by atoms with Gasteiger partial charge in [-0.05, 0) is 38.5 Å². The van der Waals surface area contributed by atoms with Crippen LogP contribution >= 0.6 is 0 Å². The molecule has 0 aliphatic heterocycles. The topological polar surface area (TPSA) is 89.8 Å². The summed E-state index contributed by atoms with van der Waals surface area (Å²) in [6.45, 7) is 4.15. The van der Waals surface area contributed by atoms with E-state index in [1.54, 1.807) is 0 Å². The summed E-state index contributed by atoms with van der Waals surface area (Å²) in [6, 6.07) is -0.806. The molecular weight excluding hydrogens is 522 g/mol. The summed E-state index contributed by atoms with van der Waals surface area (Å²) in [5, 5.41) is 33.3. The van der Waals surface area contributed by atoms with Gasteiger partial charge in [0.15, 0.2) is 0 Å². The van der Waals surface area contributed by atoms with Gasteiger partial charge < -0.3 is 20.6 Å². The van der Waals surface area contributed by atoms with E-state index in [1.807, 2.05) is 0 Å². The Morgan fingerprint density at radius 3 is 1.38 bits per heavy atom. The minimum absolute atomic E-state index is 0.150. The molecule has 0 aromatic rings. The normalized spacial score (nSPS) is 13.9. The number of carbonyl (C=O) groups excluding carboxylic acids is 1. The van der Waals surface area contributed by atoms with E-state index in [-0.39, 0.29) is 12.5 Å². The molecular formula is C37H73NO4. The minimum Gasteiger partial charge on any atom is -0.394 e. The Kier molecular flexibility index (Phi) is 32.3. The molecule has 5 nitrogen and oxygen atoms in total. The van der Waals surface area contributed by atoms with Gasteiger partial charge in [0.05, 0.1) is 18.8 Å². The zero-order valence-electron chi connectivity index (χ0n) is 28.1. The van der Waals surface area contributed by atoms with Crippen LogP contribution in [0.2, 0.25) is 0 Å². The highest BCUT2D eigenvalue weighted by atomic mass is 16.3. The number of unbranched alkanes of at least 4 members (excludes halogenated alkanes) is 23. The molecule has 0 saturated heterocycles. The number of aliphatic hydroxyl groups is 3. The predicted octanol–water partition coefficient (Wildman–Crippen LogP) is 9.70. The molecule has 0 bridgehead atoms. The zero-order valence-corrected chi connectivity index (χ0v) is 28.1. The number of amides is 1. The largest absolute Gasteiger partial charge is 0.394 e. The third kappa shape index (κ3) is 27.9. The molecule has 0 saturated carbocycles. The first-order valence-electron chi connectivity index (χ1n) is 18.5. The van der Waals surface area contributed by atoms with Crippen molar-refractivity contribution in [3.8, 4) is 0 Å². The van der Waals surface area contributed by atoms with E-state index in [2.05, 4.69) is 31.3 Å². The number of carbonyl (C=O) groups is 1. The van der Waals surface area contributed by atoms with Crippen molar-refractivity contribution < 1.29 is 20.1 Å². The van der Waals surface area contributed by atoms with Gasteiger partial charge in [-0.15, -0.1) is 0 Å². The van der Waals surface area contributed by atoms with Gasteiger partial charge in [0.2, 0.25) is 5.91 Å². The molecule has 5 heteroatoms. The first-order valence-corrected chi connectivity index (χ1v) is 18.5. The highest BCUT2D eigenvalue weighted by Crippen LogP contribution is 2.15. The van der Waals surface area contributed by atoms with Crippen LogP contribution in [0.5, 0.6) is 0 Å². The van der Waals surface area contributed by atoms with E-state index in [9.17, 15) is 20.1 Å².